The van der Waals surface area contributed by atoms with Crippen molar-refractivity contribution in [2.45, 2.75) is 20.8 Å². The quantitative estimate of drug-likeness (QED) is 0.374. The minimum absolute atomic E-state index is 0.0275. The number of aromatic nitrogens is 6. The second-order valence-corrected chi connectivity index (χ2v) is 6.93. The Morgan fingerprint density at radius 2 is 1.81 bits per heavy atom. The molecule has 0 saturated heterocycles. The van der Waals surface area contributed by atoms with Crippen LogP contribution in [0.2, 0.25) is 0 Å². The molecular weight excluding hydrogens is 414 g/mol. The number of anilines is 1. The van der Waals surface area contributed by atoms with Gasteiger partial charge in [-0.3, -0.25) is 9.48 Å². The highest BCUT2D eigenvalue weighted by Gasteiger charge is 2.22. The third kappa shape index (κ3) is 3.31. The first-order valence-electron chi connectivity index (χ1n) is 9.79. The first-order chi connectivity index (χ1) is 15.3. The Hall–Kier alpha value is -4.35. The zero-order valence-electron chi connectivity index (χ0n) is 18.0. The van der Waals surface area contributed by atoms with Gasteiger partial charge in [-0.15, -0.1) is 20.4 Å². The number of aryl methyl sites for hydroxylation is 1. The second-order valence-electron chi connectivity index (χ2n) is 6.93. The van der Waals surface area contributed by atoms with Gasteiger partial charge in [0, 0.05) is 7.05 Å². The molecule has 0 bridgehead atoms. The summed E-state index contributed by atoms with van der Waals surface area (Å²) >= 11 is 0. The molecule has 3 heterocycles. The SMILES string of the molecule is CCOC(=O)c1nnc2c(N=Nc3c(C)n(C)n(-c4ccccc4)c3=O)c(C)nn2c1N. The summed E-state index contributed by atoms with van der Waals surface area (Å²) in [5.41, 5.74) is 8.05. The molecule has 0 saturated carbocycles. The molecule has 2 N–H and O–H groups in total. The third-order valence-corrected chi connectivity index (χ3v) is 4.96. The molecule has 1 aromatic carbocycles. The molecule has 0 atom stereocenters. The molecule has 0 amide bonds. The van der Waals surface area contributed by atoms with E-state index in [2.05, 4.69) is 25.5 Å². The number of hydrogen-bond acceptors (Lipinski definition) is 9. The largest absolute Gasteiger partial charge is 0.461 e. The lowest BCUT2D eigenvalue weighted by atomic mass is 10.3. The molecule has 0 aliphatic heterocycles. The lowest BCUT2D eigenvalue weighted by Crippen LogP contribution is -2.19. The number of nitrogens with zero attached hydrogens (tertiary/aromatic N) is 8. The van der Waals surface area contributed by atoms with Gasteiger partial charge < -0.3 is 10.5 Å². The van der Waals surface area contributed by atoms with E-state index in [9.17, 15) is 9.59 Å². The number of fused-ring (bicyclic) bond motifs is 1. The van der Waals surface area contributed by atoms with Crippen LogP contribution in [0.4, 0.5) is 17.2 Å². The summed E-state index contributed by atoms with van der Waals surface area (Å²) in [6.45, 7) is 5.31. The van der Waals surface area contributed by atoms with Gasteiger partial charge in [-0.05, 0) is 32.9 Å². The average molecular weight is 435 g/mol. The van der Waals surface area contributed by atoms with Crippen molar-refractivity contribution < 1.29 is 9.53 Å². The highest BCUT2D eigenvalue weighted by Crippen LogP contribution is 2.28. The minimum Gasteiger partial charge on any atom is -0.461 e. The normalized spacial score (nSPS) is 11.5. The van der Waals surface area contributed by atoms with Crippen LogP contribution in [0.25, 0.3) is 11.3 Å². The molecule has 12 heteroatoms. The maximum absolute atomic E-state index is 13.0. The van der Waals surface area contributed by atoms with E-state index in [0.717, 1.165) is 0 Å². The van der Waals surface area contributed by atoms with E-state index < -0.39 is 5.97 Å². The molecule has 0 fully saturated rings. The monoisotopic (exact) mass is 435 g/mol. The van der Waals surface area contributed by atoms with Crippen molar-refractivity contribution in [2.24, 2.45) is 17.3 Å². The van der Waals surface area contributed by atoms with Crippen molar-refractivity contribution in [1.82, 2.24) is 29.2 Å². The van der Waals surface area contributed by atoms with Crippen molar-refractivity contribution in [3.8, 4) is 5.69 Å². The smallest absolute Gasteiger partial charge is 0.362 e. The van der Waals surface area contributed by atoms with Crippen LogP contribution in [0.5, 0.6) is 0 Å². The summed E-state index contributed by atoms with van der Waals surface area (Å²) in [4.78, 5) is 25.0. The number of para-hydroxylation sites is 1. The van der Waals surface area contributed by atoms with Gasteiger partial charge in [-0.2, -0.15) is 9.61 Å². The van der Waals surface area contributed by atoms with E-state index in [0.29, 0.717) is 17.1 Å². The molecule has 4 aromatic rings. The Labute approximate surface area is 181 Å². The molecule has 164 valence electrons. The molecule has 4 rings (SSSR count). The number of benzene rings is 1. The molecule has 3 aromatic heterocycles. The number of hydrogen-bond donors (Lipinski definition) is 1. The van der Waals surface area contributed by atoms with Gasteiger partial charge in [0.15, 0.2) is 17.2 Å². The third-order valence-electron chi connectivity index (χ3n) is 4.96. The van der Waals surface area contributed by atoms with E-state index in [1.165, 1.54) is 9.20 Å². The van der Waals surface area contributed by atoms with Gasteiger partial charge in [-0.1, -0.05) is 18.2 Å². The number of esters is 1. The average Bonchev–Trinajstić information content (AvgIpc) is 3.21. The zero-order valence-corrected chi connectivity index (χ0v) is 18.0. The van der Waals surface area contributed by atoms with Gasteiger partial charge in [0.1, 0.15) is 0 Å². The molecule has 0 spiro atoms. The van der Waals surface area contributed by atoms with Crippen LogP contribution in [0.3, 0.4) is 0 Å². The summed E-state index contributed by atoms with van der Waals surface area (Å²) in [7, 11) is 1.77. The van der Waals surface area contributed by atoms with Crippen molar-refractivity contribution in [3.63, 3.8) is 0 Å². The summed E-state index contributed by atoms with van der Waals surface area (Å²) in [5, 5.41) is 20.6. The Morgan fingerprint density at radius 1 is 1.12 bits per heavy atom. The topological polar surface area (TPSA) is 147 Å². The number of nitrogen functional groups attached to an aromatic ring is 1. The first-order valence-corrected chi connectivity index (χ1v) is 9.79. The highest BCUT2D eigenvalue weighted by molar-refractivity contribution is 5.92. The summed E-state index contributed by atoms with van der Waals surface area (Å²) < 4.78 is 9.40. The van der Waals surface area contributed by atoms with Crippen LogP contribution in [0.1, 0.15) is 28.8 Å². The molecule has 0 radical (unpaired) electrons. The maximum Gasteiger partial charge on any atom is 0.362 e. The minimum atomic E-state index is -0.697. The standard InChI is InChI=1S/C20H21N9O3/c1-5-32-20(31)16-17(21)28-18(25-24-16)14(11(2)26-28)22-23-15-12(3)27(4)29(19(15)30)13-9-7-6-8-10-13/h6-10H,5,21H2,1-4H3. The van der Waals surface area contributed by atoms with Gasteiger partial charge in [0.2, 0.25) is 11.3 Å². The Bertz CT molecular complexity index is 1410. The number of carbonyl (C=O) groups excluding carboxylic acids is 1. The van der Waals surface area contributed by atoms with Crippen molar-refractivity contribution in [3.05, 3.63) is 57.8 Å². The first kappa shape index (κ1) is 20.9. The number of carbonyl (C=O) groups is 1. The van der Waals surface area contributed by atoms with Crippen LogP contribution in [-0.4, -0.2) is 41.8 Å². The van der Waals surface area contributed by atoms with E-state index in [1.54, 1.807) is 32.5 Å². The fourth-order valence-corrected chi connectivity index (χ4v) is 3.24. The highest BCUT2D eigenvalue weighted by atomic mass is 16.5. The lowest BCUT2D eigenvalue weighted by molar-refractivity contribution is 0.0519. The number of nitrogens with two attached hydrogens (primary N) is 1. The van der Waals surface area contributed by atoms with Crippen LogP contribution < -0.4 is 11.3 Å². The van der Waals surface area contributed by atoms with Crippen LogP contribution >= 0.6 is 0 Å². The van der Waals surface area contributed by atoms with Crippen molar-refractivity contribution >= 4 is 28.8 Å². The molecule has 12 nitrogen and oxygen atoms in total. The molecule has 0 aliphatic rings. The number of ether oxygens (including phenoxy) is 1. The molecular formula is C20H21N9O3. The lowest BCUT2D eigenvalue weighted by Gasteiger charge is -2.07. The molecule has 0 unspecified atom stereocenters. The summed E-state index contributed by atoms with van der Waals surface area (Å²) in [6.07, 6.45) is 0. The Morgan fingerprint density at radius 3 is 2.50 bits per heavy atom. The van der Waals surface area contributed by atoms with Crippen LogP contribution in [0.15, 0.2) is 45.4 Å². The van der Waals surface area contributed by atoms with E-state index in [1.807, 2.05) is 30.3 Å². The van der Waals surface area contributed by atoms with Crippen LogP contribution in [-0.2, 0) is 11.8 Å². The maximum atomic E-state index is 13.0. The second kappa shape index (κ2) is 8.06. The molecule has 0 aliphatic carbocycles. The van der Waals surface area contributed by atoms with Gasteiger partial charge in [0.05, 0.1) is 23.7 Å². The van der Waals surface area contributed by atoms with E-state index in [-0.39, 0.29) is 40.7 Å². The van der Waals surface area contributed by atoms with Crippen molar-refractivity contribution in [1.29, 1.82) is 0 Å². The van der Waals surface area contributed by atoms with Gasteiger partial charge in [-0.25, -0.2) is 9.48 Å². The van der Waals surface area contributed by atoms with E-state index in [4.69, 9.17) is 10.5 Å². The van der Waals surface area contributed by atoms with Crippen molar-refractivity contribution in [2.75, 3.05) is 12.3 Å². The fraction of sp³-hybridized carbons (Fsp3) is 0.250. The fourth-order valence-electron chi connectivity index (χ4n) is 3.24. The Kier molecular flexibility index (Phi) is 5.26. The zero-order chi connectivity index (χ0) is 23.0. The molecule has 32 heavy (non-hydrogen) atoms. The summed E-state index contributed by atoms with van der Waals surface area (Å²) in [5.74, 6) is -0.725. The predicted octanol–water partition coefficient (Wildman–Crippen LogP) is 2.40. The van der Waals surface area contributed by atoms with E-state index >= 15 is 0 Å². The number of azo groups is 1. The van der Waals surface area contributed by atoms with Gasteiger partial charge in [0.25, 0.3) is 5.56 Å². The predicted molar refractivity (Wildman–Crippen MR) is 116 cm³/mol. The van der Waals surface area contributed by atoms with Crippen LogP contribution in [0, 0.1) is 13.8 Å². The van der Waals surface area contributed by atoms with Gasteiger partial charge >= 0.3 is 5.97 Å². The number of rotatable bonds is 5. The Balaban J connectivity index is 1.79. The summed E-state index contributed by atoms with van der Waals surface area (Å²) in [6, 6.07) is 9.23.